The predicted octanol–water partition coefficient (Wildman–Crippen LogP) is 4.33. The molecule has 2 aromatic carbocycles. The third kappa shape index (κ3) is 6.06. The van der Waals surface area contributed by atoms with Crippen molar-refractivity contribution in [2.75, 3.05) is 38.0 Å². The van der Waals surface area contributed by atoms with Crippen LogP contribution in [0.2, 0.25) is 0 Å². The van der Waals surface area contributed by atoms with E-state index in [1.807, 2.05) is 36.1 Å². The van der Waals surface area contributed by atoms with Crippen LogP contribution in [0.15, 0.2) is 42.5 Å². The minimum atomic E-state index is -4.47. The summed E-state index contributed by atoms with van der Waals surface area (Å²) in [6.07, 6.45) is -4.36. The van der Waals surface area contributed by atoms with Crippen LogP contribution in [0.1, 0.15) is 29.2 Å². The third-order valence-electron chi connectivity index (χ3n) is 5.45. The zero-order chi connectivity index (χ0) is 21.7. The molecule has 30 heavy (non-hydrogen) atoms. The number of carbonyl (C=O) groups excluding carboxylic acids is 1. The lowest BCUT2D eigenvalue weighted by Crippen LogP contribution is -2.45. The van der Waals surface area contributed by atoms with E-state index < -0.39 is 11.7 Å². The monoisotopic (exact) mass is 419 g/mol. The van der Waals surface area contributed by atoms with Crippen molar-refractivity contribution in [1.29, 1.82) is 0 Å². The Morgan fingerprint density at radius 3 is 2.37 bits per heavy atom. The van der Waals surface area contributed by atoms with E-state index in [0.717, 1.165) is 49.9 Å². The van der Waals surface area contributed by atoms with Crippen LogP contribution < -0.4 is 5.32 Å². The molecule has 0 aliphatic carbocycles. The number of hydrogen-bond donors (Lipinski definition) is 1. The largest absolute Gasteiger partial charge is 0.416 e. The summed E-state index contributed by atoms with van der Waals surface area (Å²) < 4.78 is 41.1. The predicted molar refractivity (Wildman–Crippen MR) is 112 cm³/mol. The SMILES string of the molecule is CCN1CCN(Cc2ccc(NC(=O)Cc3cccc(C)c3)cc2C(F)(F)F)CC1. The Kier molecular flexibility index (Phi) is 7.15. The molecule has 0 aromatic heterocycles. The molecule has 7 heteroatoms. The van der Waals surface area contributed by atoms with Crippen molar-refractivity contribution in [3.63, 3.8) is 0 Å². The molecule has 1 amide bonds. The summed E-state index contributed by atoms with van der Waals surface area (Å²) in [4.78, 5) is 16.6. The second kappa shape index (κ2) is 9.62. The molecule has 1 saturated heterocycles. The van der Waals surface area contributed by atoms with Crippen LogP contribution >= 0.6 is 0 Å². The molecular weight excluding hydrogens is 391 g/mol. The molecule has 162 valence electrons. The summed E-state index contributed by atoms with van der Waals surface area (Å²) in [5.74, 6) is -0.336. The third-order valence-corrected chi connectivity index (χ3v) is 5.45. The highest BCUT2D eigenvalue weighted by Gasteiger charge is 2.34. The fourth-order valence-electron chi connectivity index (χ4n) is 3.77. The van der Waals surface area contributed by atoms with Gasteiger partial charge in [-0.2, -0.15) is 13.2 Å². The minimum absolute atomic E-state index is 0.118. The van der Waals surface area contributed by atoms with Crippen molar-refractivity contribution < 1.29 is 18.0 Å². The van der Waals surface area contributed by atoms with Gasteiger partial charge in [-0.3, -0.25) is 9.69 Å². The van der Waals surface area contributed by atoms with E-state index >= 15 is 0 Å². The molecular formula is C23H28F3N3O. The number of nitrogens with zero attached hydrogens (tertiary/aromatic N) is 2. The number of rotatable bonds is 6. The van der Waals surface area contributed by atoms with Gasteiger partial charge in [0.15, 0.2) is 0 Å². The average molecular weight is 419 g/mol. The van der Waals surface area contributed by atoms with Gasteiger partial charge in [0, 0.05) is 38.4 Å². The standard InChI is InChI=1S/C23H28F3N3O/c1-3-28-9-11-29(12-10-28)16-19-7-8-20(15-21(19)23(24,25)26)27-22(30)14-18-6-4-5-17(2)13-18/h4-8,13,15H,3,9-12,14,16H2,1-2H3,(H,27,30). The summed E-state index contributed by atoms with van der Waals surface area (Å²) in [7, 11) is 0. The number of nitrogens with one attached hydrogen (secondary N) is 1. The van der Waals surface area contributed by atoms with Crippen molar-refractivity contribution >= 4 is 11.6 Å². The van der Waals surface area contributed by atoms with E-state index in [4.69, 9.17) is 0 Å². The Morgan fingerprint density at radius 1 is 1.03 bits per heavy atom. The molecule has 0 radical (unpaired) electrons. The van der Waals surface area contributed by atoms with Gasteiger partial charge < -0.3 is 10.2 Å². The Labute approximate surface area is 175 Å². The van der Waals surface area contributed by atoms with Gasteiger partial charge in [0.1, 0.15) is 0 Å². The van der Waals surface area contributed by atoms with E-state index in [0.29, 0.717) is 0 Å². The molecule has 0 atom stereocenters. The molecule has 1 aliphatic rings. The first kappa shape index (κ1) is 22.3. The molecule has 1 heterocycles. The van der Waals surface area contributed by atoms with Gasteiger partial charge in [-0.1, -0.05) is 42.8 Å². The second-order valence-corrected chi connectivity index (χ2v) is 7.79. The molecule has 2 aromatic rings. The molecule has 0 unspecified atom stereocenters. The highest BCUT2D eigenvalue weighted by atomic mass is 19.4. The molecule has 1 fully saturated rings. The summed E-state index contributed by atoms with van der Waals surface area (Å²) in [5.41, 5.74) is 1.58. The average Bonchev–Trinajstić information content (AvgIpc) is 2.69. The maximum absolute atomic E-state index is 13.7. The van der Waals surface area contributed by atoms with Gasteiger partial charge >= 0.3 is 6.18 Å². The number of piperazine rings is 1. The first-order chi connectivity index (χ1) is 14.2. The summed E-state index contributed by atoms with van der Waals surface area (Å²) in [6.45, 7) is 8.46. The first-order valence-electron chi connectivity index (χ1n) is 10.2. The van der Waals surface area contributed by atoms with E-state index in [-0.39, 0.29) is 30.1 Å². The number of aryl methyl sites for hydroxylation is 1. The van der Waals surface area contributed by atoms with E-state index in [9.17, 15) is 18.0 Å². The lowest BCUT2D eigenvalue weighted by atomic mass is 10.0. The highest BCUT2D eigenvalue weighted by molar-refractivity contribution is 5.92. The molecule has 4 nitrogen and oxygen atoms in total. The molecule has 0 bridgehead atoms. The zero-order valence-corrected chi connectivity index (χ0v) is 17.4. The van der Waals surface area contributed by atoms with Gasteiger partial charge in [0.2, 0.25) is 5.91 Å². The number of anilines is 1. The summed E-state index contributed by atoms with van der Waals surface area (Å²) in [5, 5.41) is 2.61. The zero-order valence-electron chi connectivity index (χ0n) is 17.4. The van der Waals surface area contributed by atoms with E-state index in [1.54, 1.807) is 6.07 Å². The second-order valence-electron chi connectivity index (χ2n) is 7.79. The highest BCUT2D eigenvalue weighted by Crippen LogP contribution is 2.34. The number of halogens is 3. The summed E-state index contributed by atoms with van der Waals surface area (Å²) in [6, 6.07) is 11.6. The number of likely N-dealkylation sites (N-methyl/N-ethyl adjacent to an activating group) is 1. The minimum Gasteiger partial charge on any atom is -0.326 e. The quantitative estimate of drug-likeness (QED) is 0.757. The number of hydrogen-bond acceptors (Lipinski definition) is 3. The van der Waals surface area contributed by atoms with Gasteiger partial charge in [-0.15, -0.1) is 0 Å². The Morgan fingerprint density at radius 2 is 1.73 bits per heavy atom. The maximum atomic E-state index is 13.7. The van der Waals surface area contributed by atoms with Crippen LogP contribution in [0.3, 0.4) is 0 Å². The normalized spacial score (nSPS) is 15.9. The van der Waals surface area contributed by atoms with E-state index in [2.05, 4.69) is 17.1 Å². The lowest BCUT2D eigenvalue weighted by Gasteiger charge is -2.34. The number of alkyl halides is 3. The van der Waals surface area contributed by atoms with Crippen LogP contribution in [0.25, 0.3) is 0 Å². The van der Waals surface area contributed by atoms with Gasteiger partial charge in [0.05, 0.1) is 12.0 Å². The van der Waals surface area contributed by atoms with Crippen molar-refractivity contribution in [1.82, 2.24) is 9.80 Å². The topological polar surface area (TPSA) is 35.6 Å². The van der Waals surface area contributed by atoms with Crippen molar-refractivity contribution in [2.45, 2.75) is 33.0 Å². The van der Waals surface area contributed by atoms with Crippen LogP contribution in [-0.2, 0) is 23.9 Å². The van der Waals surface area contributed by atoms with Crippen LogP contribution in [-0.4, -0.2) is 48.4 Å². The molecule has 0 saturated carbocycles. The Bertz CT molecular complexity index is 874. The fourth-order valence-corrected chi connectivity index (χ4v) is 3.77. The van der Waals surface area contributed by atoms with Gasteiger partial charge in [-0.25, -0.2) is 0 Å². The molecule has 0 spiro atoms. The van der Waals surface area contributed by atoms with Crippen LogP contribution in [0.4, 0.5) is 18.9 Å². The van der Waals surface area contributed by atoms with Crippen molar-refractivity contribution in [3.8, 4) is 0 Å². The smallest absolute Gasteiger partial charge is 0.326 e. The summed E-state index contributed by atoms with van der Waals surface area (Å²) >= 11 is 0. The first-order valence-corrected chi connectivity index (χ1v) is 10.2. The molecule has 1 aliphatic heterocycles. The van der Waals surface area contributed by atoms with Gasteiger partial charge in [-0.05, 0) is 36.7 Å². The van der Waals surface area contributed by atoms with Crippen LogP contribution in [0, 0.1) is 6.92 Å². The number of amides is 1. The number of benzene rings is 2. The molecule has 1 N–H and O–H groups in total. The Hall–Kier alpha value is -2.38. The lowest BCUT2D eigenvalue weighted by molar-refractivity contribution is -0.138. The van der Waals surface area contributed by atoms with Crippen molar-refractivity contribution in [2.24, 2.45) is 0 Å². The Balaban J connectivity index is 1.70. The number of carbonyl (C=O) groups is 1. The molecule has 3 rings (SSSR count). The van der Waals surface area contributed by atoms with Gasteiger partial charge in [0.25, 0.3) is 0 Å². The van der Waals surface area contributed by atoms with E-state index in [1.165, 1.54) is 6.07 Å². The maximum Gasteiger partial charge on any atom is 0.416 e. The van der Waals surface area contributed by atoms with Crippen molar-refractivity contribution in [3.05, 3.63) is 64.7 Å². The van der Waals surface area contributed by atoms with Crippen LogP contribution in [0.5, 0.6) is 0 Å². The fraction of sp³-hybridized carbons (Fsp3) is 0.435.